The normalized spacial score (nSPS) is 14.2. The van der Waals surface area contributed by atoms with E-state index in [1.165, 1.54) is 54.8 Å². The molecule has 0 aliphatic carbocycles. The minimum Gasteiger partial charge on any atom is -0.341 e. The summed E-state index contributed by atoms with van der Waals surface area (Å²) in [5.41, 5.74) is -0.655. The van der Waals surface area contributed by atoms with Gasteiger partial charge in [0.2, 0.25) is 17.7 Å². The SMILES string of the molecule is C[C@](CS(C)(=O)=O)(NC(=O)Cc1ccsc1)C(=O)Nc1ccc(C(c2ccc(NC(=O)[C@@](C)(CS(C)(=O)=O)NC(=O)Cc3ccsc3)cc2)c2ccc(NC(=O)[C@@](C)(CS(C)(=O)=O)NC(=O)Cc3ccsc3)cc2)cc1. The van der Waals surface area contributed by atoms with Crippen LogP contribution in [0.1, 0.15) is 60.1 Å². The fraction of sp³-hybridized carbons (Fsp3) is 0.308. The van der Waals surface area contributed by atoms with Gasteiger partial charge in [0.25, 0.3) is 17.7 Å². The summed E-state index contributed by atoms with van der Waals surface area (Å²) in [5.74, 6) is -6.62. The molecule has 0 bridgehead atoms. The molecule has 3 heterocycles. The van der Waals surface area contributed by atoms with Crippen molar-refractivity contribution in [3.05, 3.63) is 157 Å². The third-order valence-electron chi connectivity index (χ3n) is 11.7. The zero-order valence-electron chi connectivity index (χ0n) is 42.3. The van der Waals surface area contributed by atoms with Crippen LogP contribution < -0.4 is 31.9 Å². The molecule has 0 spiro atoms. The minimum absolute atomic E-state index is 0.0684. The number of hydrogen-bond donors (Lipinski definition) is 6. The number of nitrogens with one attached hydrogen (secondary N) is 6. The van der Waals surface area contributed by atoms with Gasteiger partial charge in [0, 0.05) is 41.7 Å². The number of thiophene rings is 3. The lowest BCUT2D eigenvalue weighted by atomic mass is 9.85. The number of rotatable bonds is 24. The zero-order valence-corrected chi connectivity index (χ0v) is 47.2. The van der Waals surface area contributed by atoms with Crippen molar-refractivity contribution in [1.82, 2.24) is 16.0 Å². The number of carbonyl (C=O) groups is 6. The van der Waals surface area contributed by atoms with Gasteiger partial charge in [0.15, 0.2) is 0 Å². The van der Waals surface area contributed by atoms with Crippen LogP contribution in [0.25, 0.3) is 0 Å². The molecule has 0 aliphatic heterocycles. The molecule has 76 heavy (non-hydrogen) atoms. The fourth-order valence-electron chi connectivity index (χ4n) is 8.50. The van der Waals surface area contributed by atoms with Crippen molar-refractivity contribution < 1.29 is 54.0 Å². The third-order valence-corrected chi connectivity index (χ3v) is 17.2. The van der Waals surface area contributed by atoms with Crippen molar-refractivity contribution in [2.75, 3.05) is 52.0 Å². The number of anilines is 3. The number of carbonyl (C=O) groups excluding carboxylic acids is 6. The lowest BCUT2D eigenvalue weighted by Crippen LogP contribution is -2.58. The smallest absolute Gasteiger partial charge is 0.250 e. The van der Waals surface area contributed by atoms with Crippen LogP contribution >= 0.6 is 34.0 Å². The van der Waals surface area contributed by atoms with E-state index in [0.29, 0.717) is 33.4 Å². The van der Waals surface area contributed by atoms with Gasteiger partial charge in [0.1, 0.15) is 46.1 Å². The molecule has 0 aliphatic rings. The van der Waals surface area contributed by atoms with E-state index in [1.54, 1.807) is 123 Å². The molecule has 0 saturated heterocycles. The predicted octanol–water partition coefficient (Wildman–Crippen LogP) is 5.35. The quantitative estimate of drug-likeness (QED) is 0.0419. The lowest BCUT2D eigenvalue weighted by molar-refractivity contribution is -0.128. The lowest BCUT2D eigenvalue weighted by Gasteiger charge is -2.29. The second-order valence-corrected chi connectivity index (χ2v) is 28.2. The Kier molecular flexibility index (Phi) is 18.7. The minimum atomic E-state index is -3.78. The summed E-state index contributed by atoms with van der Waals surface area (Å²) in [5, 5.41) is 26.8. The van der Waals surface area contributed by atoms with E-state index in [1.807, 2.05) is 0 Å². The summed E-state index contributed by atoms with van der Waals surface area (Å²) in [7, 11) is -11.4. The predicted molar refractivity (Wildman–Crippen MR) is 299 cm³/mol. The van der Waals surface area contributed by atoms with Crippen LogP contribution in [0.4, 0.5) is 17.1 Å². The van der Waals surface area contributed by atoms with Gasteiger partial charge in [-0.2, -0.15) is 34.0 Å². The van der Waals surface area contributed by atoms with Crippen molar-refractivity contribution in [1.29, 1.82) is 0 Å². The summed E-state index contributed by atoms with van der Waals surface area (Å²) in [6.45, 7) is 4.00. The number of hydrogen-bond acceptors (Lipinski definition) is 15. The monoisotopic (exact) mass is 1150 g/mol. The van der Waals surface area contributed by atoms with Gasteiger partial charge in [-0.25, -0.2) is 25.3 Å². The van der Waals surface area contributed by atoms with E-state index in [-0.39, 0.29) is 36.3 Å². The largest absolute Gasteiger partial charge is 0.341 e. The van der Waals surface area contributed by atoms with E-state index in [9.17, 15) is 54.0 Å². The molecule has 404 valence electrons. The van der Waals surface area contributed by atoms with Crippen LogP contribution in [0.2, 0.25) is 0 Å². The summed E-state index contributed by atoms with van der Waals surface area (Å²) < 4.78 is 75.3. The molecule has 0 saturated carbocycles. The molecule has 18 nitrogen and oxygen atoms in total. The first kappa shape index (κ1) is 58.7. The maximum absolute atomic E-state index is 13.9. The van der Waals surface area contributed by atoms with Crippen LogP contribution in [0, 0.1) is 0 Å². The number of amides is 6. The third kappa shape index (κ3) is 17.2. The summed E-state index contributed by atoms with van der Waals surface area (Å²) in [6.07, 6.45) is 2.69. The van der Waals surface area contributed by atoms with Gasteiger partial charge in [-0.05, 0) is 141 Å². The Balaban J connectivity index is 1.29. The number of sulfone groups is 3. The average Bonchev–Trinajstić information content (AvgIpc) is 4.12. The van der Waals surface area contributed by atoms with Crippen LogP contribution in [0.5, 0.6) is 0 Å². The molecule has 3 atom stereocenters. The highest BCUT2D eigenvalue weighted by atomic mass is 32.2. The molecule has 6 rings (SSSR count). The van der Waals surface area contributed by atoms with Gasteiger partial charge in [0.05, 0.1) is 36.5 Å². The van der Waals surface area contributed by atoms with E-state index < -0.39 is 105 Å². The van der Waals surface area contributed by atoms with Crippen molar-refractivity contribution in [3.8, 4) is 0 Å². The molecule has 24 heteroatoms. The Morgan fingerprint density at radius 1 is 0.408 bits per heavy atom. The van der Waals surface area contributed by atoms with Crippen LogP contribution in [0.3, 0.4) is 0 Å². The van der Waals surface area contributed by atoms with E-state index in [0.717, 1.165) is 18.8 Å². The second kappa shape index (κ2) is 24.2. The van der Waals surface area contributed by atoms with Gasteiger partial charge in [-0.3, -0.25) is 28.8 Å². The molecule has 6 N–H and O–H groups in total. The van der Waals surface area contributed by atoms with Crippen molar-refractivity contribution >= 4 is 116 Å². The topological polar surface area (TPSA) is 277 Å². The first-order valence-corrected chi connectivity index (χ1v) is 32.2. The van der Waals surface area contributed by atoms with Crippen molar-refractivity contribution in [2.24, 2.45) is 0 Å². The Morgan fingerprint density at radius 3 is 0.842 bits per heavy atom. The maximum atomic E-state index is 13.9. The molecular weight excluding hydrogens is 1090 g/mol. The van der Waals surface area contributed by atoms with Crippen LogP contribution in [0.15, 0.2) is 123 Å². The molecule has 3 aromatic carbocycles. The highest BCUT2D eigenvalue weighted by Gasteiger charge is 2.41. The molecular formula is C52H58N6O12S6. The van der Waals surface area contributed by atoms with Gasteiger partial charge >= 0.3 is 0 Å². The molecule has 0 radical (unpaired) electrons. The van der Waals surface area contributed by atoms with Crippen LogP contribution in [-0.4, -0.2) is 113 Å². The standard InChI is InChI=1S/C52H58N6O12S6/c1-50(31-74(4,65)66,56-43(59)25-34-19-22-71-28-34)47(62)53-40-13-7-37(8-14-40)46(38-9-15-41(16-10-38)54-48(63)51(2,32-75(5,67)68)57-44(60)26-35-20-23-72-29-35)39-11-17-42(18-12-39)55-49(64)52(3,33-76(6,69)70)58-45(61)27-36-21-24-73-30-36/h7-24,28-30,46H,25-27,31-33H2,1-6H3,(H,53,62)(H,54,63)(H,55,64)(H,56,59)(H,57,60)(H,58,61)/t50-,51-,52-/m1/s1. The molecule has 6 amide bonds. The Morgan fingerprint density at radius 2 is 0.645 bits per heavy atom. The van der Waals surface area contributed by atoms with E-state index in [4.69, 9.17) is 0 Å². The van der Waals surface area contributed by atoms with Gasteiger partial charge < -0.3 is 31.9 Å². The Bertz CT molecular complexity index is 3030. The van der Waals surface area contributed by atoms with E-state index in [2.05, 4.69) is 31.9 Å². The summed E-state index contributed by atoms with van der Waals surface area (Å²) in [4.78, 5) is 80.8. The highest BCUT2D eigenvalue weighted by Crippen LogP contribution is 2.35. The maximum Gasteiger partial charge on any atom is 0.250 e. The average molecular weight is 1150 g/mol. The second-order valence-electron chi connectivity index (χ2n) is 19.4. The highest BCUT2D eigenvalue weighted by molar-refractivity contribution is 7.91. The Hall–Kier alpha value is -6.57. The van der Waals surface area contributed by atoms with Gasteiger partial charge in [-0.15, -0.1) is 0 Å². The first-order chi connectivity index (χ1) is 35.5. The molecule has 6 aromatic rings. The first-order valence-electron chi connectivity index (χ1n) is 23.2. The van der Waals surface area contributed by atoms with Crippen LogP contribution in [-0.2, 0) is 77.5 Å². The van der Waals surface area contributed by atoms with Crippen molar-refractivity contribution in [3.63, 3.8) is 0 Å². The number of benzene rings is 3. The molecule has 0 unspecified atom stereocenters. The summed E-state index contributed by atoms with van der Waals surface area (Å²) in [6, 6.07) is 25.2. The fourth-order valence-corrected chi connectivity index (χ4v) is 14.3. The molecule has 0 fully saturated rings. The van der Waals surface area contributed by atoms with E-state index >= 15 is 0 Å². The van der Waals surface area contributed by atoms with Gasteiger partial charge in [-0.1, -0.05) is 36.4 Å². The zero-order chi connectivity index (χ0) is 55.7. The summed E-state index contributed by atoms with van der Waals surface area (Å²) >= 11 is 4.17. The Labute approximate surface area is 454 Å². The molecule has 3 aromatic heterocycles. The van der Waals surface area contributed by atoms with Crippen molar-refractivity contribution in [2.45, 2.75) is 62.6 Å².